The van der Waals surface area contributed by atoms with Gasteiger partial charge < -0.3 is 9.88 Å². The zero-order valence-corrected chi connectivity index (χ0v) is 13.4. The lowest BCUT2D eigenvalue weighted by Crippen LogP contribution is -2.20. The van der Waals surface area contributed by atoms with E-state index in [1.807, 2.05) is 60.3 Å². The van der Waals surface area contributed by atoms with E-state index in [1.165, 1.54) is 12.1 Å². The largest absolute Gasteiger partial charge is 0.346 e. The molecule has 0 saturated heterocycles. The van der Waals surface area contributed by atoms with Crippen LogP contribution in [0.4, 0.5) is 10.1 Å². The number of rotatable bonds is 5. The van der Waals surface area contributed by atoms with Crippen molar-refractivity contribution in [2.75, 3.05) is 5.32 Å². The van der Waals surface area contributed by atoms with Crippen LogP contribution in [0, 0.1) is 12.7 Å². The van der Waals surface area contributed by atoms with Crippen LogP contribution in [0.25, 0.3) is 0 Å². The summed E-state index contributed by atoms with van der Waals surface area (Å²) in [7, 11) is 0. The number of aromatic nitrogens is 1. The molecule has 0 fully saturated rings. The van der Waals surface area contributed by atoms with Gasteiger partial charge in [0.05, 0.1) is 12.5 Å². The number of hydrogen-bond acceptors (Lipinski definition) is 1. The fourth-order valence-corrected chi connectivity index (χ4v) is 2.73. The summed E-state index contributed by atoms with van der Waals surface area (Å²) in [6.07, 6.45) is 4.10. The fraction of sp³-hybridized carbons (Fsp3) is 0.150. The predicted molar refractivity (Wildman–Crippen MR) is 93.4 cm³/mol. The smallest absolute Gasteiger partial charge is 0.226 e. The van der Waals surface area contributed by atoms with Crippen LogP contribution >= 0.6 is 0 Å². The Morgan fingerprint density at radius 2 is 1.71 bits per heavy atom. The van der Waals surface area contributed by atoms with Gasteiger partial charge in [-0.2, -0.15) is 0 Å². The summed E-state index contributed by atoms with van der Waals surface area (Å²) in [5, 5.41) is 2.96. The predicted octanol–water partition coefficient (Wildman–Crippen LogP) is 4.55. The Hall–Kier alpha value is -2.88. The number of carbonyl (C=O) groups excluding carboxylic acids is 1. The zero-order chi connectivity index (χ0) is 16.9. The molecule has 1 aromatic heterocycles. The maximum Gasteiger partial charge on any atom is 0.226 e. The maximum atomic E-state index is 13.2. The summed E-state index contributed by atoms with van der Waals surface area (Å²) in [5.41, 5.74) is 2.73. The first kappa shape index (κ1) is 16.0. The van der Waals surface area contributed by atoms with E-state index in [0.717, 1.165) is 16.8 Å². The average molecular weight is 322 g/mol. The van der Waals surface area contributed by atoms with E-state index in [4.69, 9.17) is 0 Å². The molecule has 0 aliphatic carbocycles. The number of amides is 1. The van der Waals surface area contributed by atoms with Gasteiger partial charge in [0.15, 0.2) is 0 Å². The normalized spacial score (nSPS) is 11.9. The molecule has 122 valence electrons. The molecule has 3 rings (SSSR count). The van der Waals surface area contributed by atoms with Crippen LogP contribution in [-0.2, 0) is 4.79 Å². The Bertz CT molecular complexity index is 810. The lowest BCUT2D eigenvalue weighted by molar-refractivity contribution is -0.116. The molecule has 24 heavy (non-hydrogen) atoms. The van der Waals surface area contributed by atoms with Crippen molar-refractivity contribution in [1.29, 1.82) is 0 Å². The number of aryl methyl sites for hydroxylation is 1. The minimum Gasteiger partial charge on any atom is -0.346 e. The van der Waals surface area contributed by atoms with E-state index in [9.17, 15) is 9.18 Å². The van der Waals surface area contributed by atoms with Crippen LogP contribution in [0.3, 0.4) is 0 Å². The number of nitrogens with one attached hydrogen (secondary N) is 1. The number of para-hydroxylation sites is 1. The van der Waals surface area contributed by atoms with E-state index in [0.29, 0.717) is 0 Å². The van der Waals surface area contributed by atoms with E-state index in [-0.39, 0.29) is 24.2 Å². The molecule has 0 spiro atoms. The molecule has 3 aromatic rings. The third-order valence-electron chi connectivity index (χ3n) is 4.04. The van der Waals surface area contributed by atoms with E-state index in [1.54, 1.807) is 12.1 Å². The van der Waals surface area contributed by atoms with Crippen LogP contribution in [0.2, 0.25) is 0 Å². The highest BCUT2D eigenvalue weighted by atomic mass is 19.1. The fourth-order valence-electron chi connectivity index (χ4n) is 2.73. The highest BCUT2D eigenvalue weighted by Gasteiger charge is 2.18. The van der Waals surface area contributed by atoms with Gasteiger partial charge in [-0.15, -0.1) is 0 Å². The molecular weight excluding hydrogens is 303 g/mol. The number of nitrogens with zero attached hydrogens (tertiary/aromatic N) is 1. The number of carbonyl (C=O) groups is 1. The Balaban J connectivity index is 1.81. The molecule has 0 bridgehead atoms. The van der Waals surface area contributed by atoms with Crippen molar-refractivity contribution in [2.24, 2.45) is 0 Å². The first-order chi connectivity index (χ1) is 11.6. The Morgan fingerprint density at radius 1 is 1.04 bits per heavy atom. The van der Waals surface area contributed by atoms with Crippen LogP contribution in [0.5, 0.6) is 0 Å². The quantitative estimate of drug-likeness (QED) is 0.734. The highest BCUT2D eigenvalue weighted by Crippen LogP contribution is 2.24. The van der Waals surface area contributed by atoms with Crippen molar-refractivity contribution in [1.82, 2.24) is 4.57 Å². The monoisotopic (exact) mass is 322 g/mol. The number of anilines is 1. The molecule has 0 saturated carbocycles. The molecular formula is C20H19FN2O. The van der Waals surface area contributed by atoms with Gasteiger partial charge in [-0.05, 0) is 48.4 Å². The second-order valence-electron chi connectivity index (χ2n) is 5.76. The second kappa shape index (κ2) is 7.13. The molecule has 1 unspecified atom stereocenters. The van der Waals surface area contributed by atoms with Crippen molar-refractivity contribution in [3.8, 4) is 0 Å². The molecule has 0 aliphatic rings. The van der Waals surface area contributed by atoms with E-state index in [2.05, 4.69) is 5.32 Å². The Morgan fingerprint density at radius 3 is 2.38 bits per heavy atom. The summed E-state index contributed by atoms with van der Waals surface area (Å²) in [6, 6.07) is 17.6. The molecule has 1 atom stereocenters. The number of benzene rings is 2. The first-order valence-corrected chi connectivity index (χ1v) is 7.87. The summed E-state index contributed by atoms with van der Waals surface area (Å²) in [6.45, 7) is 1.96. The molecule has 1 amide bonds. The number of halogens is 1. The van der Waals surface area contributed by atoms with E-state index < -0.39 is 0 Å². The van der Waals surface area contributed by atoms with Crippen molar-refractivity contribution >= 4 is 11.6 Å². The Labute approximate surface area is 140 Å². The molecule has 3 nitrogen and oxygen atoms in total. The van der Waals surface area contributed by atoms with Crippen molar-refractivity contribution in [3.05, 3.63) is 90.0 Å². The molecule has 1 heterocycles. The van der Waals surface area contributed by atoms with Crippen LogP contribution in [0.15, 0.2) is 73.1 Å². The minimum absolute atomic E-state index is 0.0766. The van der Waals surface area contributed by atoms with E-state index >= 15 is 0 Å². The van der Waals surface area contributed by atoms with Gasteiger partial charge in [0.2, 0.25) is 5.91 Å². The molecule has 0 aliphatic heterocycles. The summed E-state index contributed by atoms with van der Waals surface area (Å²) in [5.74, 6) is -0.360. The van der Waals surface area contributed by atoms with Gasteiger partial charge >= 0.3 is 0 Å². The third kappa shape index (κ3) is 3.71. The van der Waals surface area contributed by atoms with Gasteiger partial charge in [0, 0.05) is 18.1 Å². The van der Waals surface area contributed by atoms with Gasteiger partial charge in [0.25, 0.3) is 0 Å². The van der Waals surface area contributed by atoms with Crippen LogP contribution < -0.4 is 5.32 Å². The summed E-state index contributed by atoms with van der Waals surface area (Å²) in [4.78, 5) is 12.5. The third-order valence-corrected chi connectivity index (χ3v) is 4.04. The van der Waals surface area contributed by atoms with Crippen molar-refractivity contribution in [2.45, 2.75) is 19.4 Å². The molecule has 0 radical (unpaired) electrons. The highest BCUT2D eigenvalue weighted by molar-refractivity contribution is 5.92. The summed E-state index contributed by atoms with van der Waals surface area (Å²) < 4.78 is 15.2. The standard InChI is InChI=1S/C20H19FN2O/c1-15-6-2-3-7-18(15)22-20(24)14-19(23-12-4-5-13-23)16-8-10-17(21)11-9-16/h2-13,19H,14H2,1H3,(H,22,24). The van der Waals surface area contributed by atoms with Gasteiger partial charge in [-0.3, -0.25) is 4.79 Å². The zero-order valence-electron chi connectivity index (χ0n) is 13.4. The lowest BCUT2D eigenvalue weighted by Gasteiger charge is -2.19. The molecule has 1 N–H and O–H groups in total. The Kier molecular flexibility index (Phi) is 4.75. The average Bonchev–Trinajstić information content (AvgIpc) is 3.10. The SMILES string of the molecule is Cc1ccccc1NC(=O)CC(c1ccc(F)cc1)n1cccc1. The summed E-state index contributed by atoms with van der Waals surface area (Å²) >= 11 is 0. The molecule has 2 aromatic carbocycles. The topological polar surface area (TPSA) is 34.0 Å². The number of hydrogen-bond donors (Lipinski definition) is 1. The van der Waals surface area contributed by atoms with Gasteiger partial charge in [0.1, 0.15) is 5.82 Å². The van der Waals surface area contributed by atoms with Gasteiger partial charge in [-0.1, -0.05) is 30.3 Å². The lowest BCUT2D eigenvalue weighted by atomic mass is 10.0. The van der Waals surface area contributed by atoms with Crippen molar-refractivity contribution < 1.29 is 9.18 Å². The second-order valence-corrected chi connectivity index (χ2v) is 5.76. The van der Waals surface area contributed by atoms with Crippen molar-refractivity contribution in [3.63, 3.8) is 0 Å². The van der Waals surface area contributed by atoms with Gasteiger partial charge in [-0.25, -0.2) is 4.39 Å². The molecule has 4 heteroatoms. The first-order valence-electron chi connectivity index (χ1n) is 7.87. The van der Waals surface area contributed by atoms with Crippen LogP contribution in [0.1, 0.15) is 23.6 Å². The van der Waals surface area contributed by atoms with Crippen LogP contribution in [-0.4, -0.2) is 10.5 Å². The maximum absolute atomic E-state index is 13.2. The minimum atomic E-state index is -0.283.